The van der Waals surface area contributed by atoms with Crippen molar-refractivity contribution in [3.8, 4) is 0 Å². The third-order valence-electron chi connectivity index (χ3n) is 3.52. The highest BCUT2D eigenvalue weighted by Crippen LogP contribution is 2.35. The lowest BCUT2D eigenvalue weighted by atomic mass is 10.0. The molecule has 2 aliphatic rings. The Balaban J connectivity index is 2.03. The molecule has 1 fully saturated rings. The first kappa shape index (κ1) is 18.6. The number of nitrogens with two attached hydrogens (primary N) is 1. The van der Waals surface area contributed by atoms with Crippen LogP contribution in [0.2, 0.25) is 0 Å². The summed E-state index contributed by atoms with van der Waals surface area (Å²) in [5.74, 6) is -0.742. The Hall–Kier alpha value is -0.700. The number of allylic oxidation sites excluding steroid dienone is 5. The SMILES string of the molecule is CC1(C)OC(CCOS(N)(=O)=O)C(CC2=C(Cl)C=CCC=C2)O1. The van der Waals surface area contributed by atoms with Crippen LogP contribution in [0.1, 0.15) is 33.1 Å². The summed E-state index contributed by atoms with van der Waals surface area (Å²) in [5.41, 5.74) is 0.962. The van der Waals surface area contributed by atoms with Crippen LogP contribution in [0.4, 0.5) is 0 Å². The Morgan fingerprint density at radius 1 is 1.30 bits per heavy atom. The molecular weight excluding hydrogens is 342 g/mol. The molecule has 2 unspecified atom stereocenters. The van der Waals surface area contributed by atoms with Gasteiger partial charge in [0.05, 0.1) is 18.8 Å². The predicted octanol–water partition coefficient (Wildman–Crippen LogP) is 2.52. The van der Waals surface area contributed by atoms with Crippen molar-refractivity contribution in [2.24, 2.45) is 5.14 Å². The molecule has 0 bridgehead atoms. The van der Waals surface area contributed by atoms with Crippen LogP contribution in [0.25, 0.3) is 0 Å². The highest BCUT2D eigenvalue weighted by Gasteiger charge is 2.41. The summed E-state index contributed by atoms with van der Waals surface area (Å²) in [6.45, 7) is 3.58. The minimum Gasteiger partial charge on any atom is -0.344 e. The van der Waals surface area contributed by atoms with E-state index in [1.807, 2.05) is 38.2 Å². The van der Waals surface area contributed by atoms with Crippen LogP contribution in [0.5, 0.6) is 0 Å². The lowest BCUT2D eigenvalue weighted by Gasteiger charge is -2.17. The van der Waals surface area contributed by atoms with Gasteiger partial charge in [0.25, 0.3) is 0 Å². The molecule has 8 heteroatoms. The van der Waals surface area contributed by atoms with Gasteiger partial charge in [-0.15, -0.1) is 0 Å². The average Bonchev–Trinajstić information content (AvgIpc) is 2.55. The topological polar surface area (TPSA) is 87.9 Å². The maximum Gasteiger partial charge on any atom is 0.333 e. The minimum atomic E-state index is -3.95. The number of ether oxygens (including phenoxy) is 2. The Morgan fingerprint density at radius 2 is 1.96 bits per heavy atom. The molecule has 1 saturated heterocycles. The lowest BCUT2D eigenvalue weighted by molar-refractivity contribution is -0.146. The van der Waals surface area contributed by atoms with E-state index in [-0.39, 0.29) is 18.8 Å². The quantitative estimate of drug-likeness (QED) is 0.783. The van der Waals surface area contributed by atoms with Gasteiger partial charge >= 0.3 is 10.3 Å². The van der Waals surface area contributed by atoms with E-state index in [1.165, 1.54) is 0 Å². The summed E-state index contributed by atoms with van der Waals surface area (Å²) in [6.07, 6.45) is 9.09. The second-order valence-corrected chi connectivity index (χ2v) is 7.56. The van der Waals surface area contributed by atoms with E-state index in [0.29, 0.717) is 17.9 Å². The van der Waals surface area contributed by atoms with E-state index in [2.05, 4.69) is 4.18 Å². The van der Waals surface area contributed by atoms with Crippen molar-refractivity contribution < 1.29 is 22.1 Å². The van der Waals surface area contributed by atoms with Crippen LogP contribution >= 0.6 is 11.6 Å². The van der Waals surface area contributed by atoms with Crippen molar-refractivity contribution >= 4 is 21.9 Å². The van der Waals surface area contributed by atoms with E-state index in [1.54, 1.807) is 0 Å². The first-order chi connectivity index (χ1) is 10.7. The second-order valence-electron chi connectivity index (χ2n) is 5.93. The van der Waals surface area contributed by atoms with E-state index in [4.69, 9.17) is 26.2 Å². The molecule has 0 spiro atoms. The van der Waals surface area contributed by atoms with Crippen LogP contribution in [0, 0.1) is 0 Å². The van der Waals surface area contributed by atoms with Crippen LogP contribution < -0.4 is 5.14 Å². The Kier molecular flexibility index (Phi) is 6.05. The van der Waals surface area contributed by atoms with Crippen molar-refractivity contribution in [3.63, 3.8) is 0 Å². The summed E-state index contributed by atoms with van der Waals surface area (Å²) in [6, 6.07) is 0. The van der Waals surface area contributed by atoms with E-state index >= 15 is 0 Å². The smallest absolute Gasteiger partial charge is 0.333 e. The van der Waals surface area contributed by atoms with E-state index in [0.717, 1.165) is 12.0 Å². The molecule has 2 rings (SSSR count). The van der Waals surface area contributed by atoms with Crippen molar-refractivity contribution in [1.82, 2.24) is 0 Å². The zero-order chi connectivity index (χ0) is 17.1. The van der Waals surface area contributed by atoms with Gasteiger partial charge in [0.15, 0.2) is 5.79 Å². The molecule has 0 saturated carbocycles. The second kappa shape index (κ2) is 7.46. The predicted molar refractivity (Wildman–Crippen MR) is 87.9 cm³/mol. The summed E-state index contributed by atoms with van der Waals surface area (Å²) >= 11 is 6.27. The van der Waals surface area contributed by atoms with E-state index < -0.39 is 16.1 Å². The standard InChI is InChI=1S/C15H22ClNO5S/c1-15(2)21-13(8-9-20-23(17,18)19)14(22-15)10-11-6-4-3-5-7-12(11)16/h4-7,13-14H,3,8-10H2,1-2H3,(H2,17,18,19). The first-order valence-electron chi connectivity index (χ1n) is 7.41. The number of rotatable bonds is 6. The summed E-state index contributed by atoms with van der Waals surface area (Å²) < 4.78 is 38.1. The fourth-order valence-electron chi connectivity index (χ4n) is 2.64. The van der Waals surface area contributed by atoms with Crippen molar-refractivity contribution in [2.75, 3.05) is 6.61 Å². The van der Waals surface area contributed by atoms with Crippen molar-refractivity contribution in [1.29, 1.82) is 0 Å². The van der Waals surface area contributed by atoms with Crippen LogP contribution in [0.15, 0.2) is 34.9 Å². The molecule has 2 atom stereocenters. The van der Waals surface area contributed by atoms with Crippen LogP contribution in [0.3, 0.4) is 0 Å². The minimum absolute atomic E-state index is 0.0536. The zero-order valence-electron chi connectivity index (χ0n) is 13.2. The zero-order valence-corrected chi connectivity index (χ0v) is 14.8. The Bertz CT molecular complexity index is 624. The number of hydrogen-bond acceptors (Lipinski definition) is 5. The first-order valence-corrected chi connectivity index (χ1v) is 9.26. The molecule has 1 aliphatic carbocycles. The number of hydrogen-bond donors (Lipinski definition) is 1. The van der Waals surface area contributed by atoms with Gasteiger partial charge < -0.3 is 9.47 Å². The van der Waals surface area contributed by atoms with Gasteiger partial charge in [0.2, 0.25) is 0 Å². The maximum absolute atomic E-state index is 10.9. The highest BCUT2D eigenvalue weighted by atomic mass is 35.5. The molecule has 23 heavy (non-hydrogen) atoms. The average molecular weight is 364 g/mol. The largest absolute Gasteiger partial charge is 0.344 e. The Morgan fingerprint density at radius 3 is 2.65 bits per heavy atom. The van der Waals surface area contributed by atoms with Gasteiger partial charge in [-0.25, -0.2) is 5.14 Å². The van der Waals surface area contributed by atoms with E-state index in [9.17, 15) is 8.42 Å². The van der Waals surface area contributed by atoms with Crippen LogP contribution in [-0.4, -0.2) is 33.0 Å². The van der Waals surface area contributed by atoms with Crippen LogP contribution in [-0.2, 0) is 24.0 Å². The molecule has 0 amide bonds. The normalized spacial score (nSPS) is 27.5. The highest BCUT2D eigenvalue weighted by molar-refractivity contribution is 7.84. The summed E-state index contributed by atoms with van der Waals surface area (Å²) in [7, 11) is -3.95. The van der Waals surface area contributed by atoms with Gasteiger partial charge in [-0.3, -0.25) is 4.18 Å². The van der Waals surface area contributed by atoms with Crippen molar-refractivity contribution in [3.05, 3.63) is 34.9 Å². The Labute approximate surface area is 142 Å². The third kappa shape index (κ3) is 6.02. The molecule has 2 N–H and O–H groups in total. The van der Waals surface area contributed by atoms with Gasteiger partial charge in [-0.05, 0) is 31.9 Å². The van der Waals surface area contributed by atoms with Gasteiger partial charge in [-0.2, -0.15) is 8.42 Å². The van der Waals surface area contributed by atoms with Crippen molar-refractivity contribution in [2.45, 2.75) is 51.1 Å². The summed E-state index contributed by atoms with van der Waals surface area (Å²) in [5, 5.41) is 5.50. The third-order valence-corrected chi connectivity index (χ3v) is 4.38. The molecule has 130 valence electrons. The molecule has 0 aromatic heterocycles. The molecule has 1 heterocycles. The maximum atomic E-state index is 10.9. The number of halogens is 1. The molecule has 0 aromatic carbocycles. The fourth-order valence-corrected chi connectivity index (χ4v) is 3.19. The molecule has 0 aromatic rings. The molecule has 1 aliphatic heterocycles. The van der Waals surface area contributed by atoms with Gasteiger partial charge in [-0.1, -0.05) is 29.8 Å². The lowest BCUT2D eigenvalue weighted by Crippen LogP contribution is -2.26. The van der Waals surface area contributed by atoms with Gasteiger partial charge in [0, 0.05) is 17.9 Å². The molecular formula is C15H22ClNO5S. The van der Waals surface area contributed by atoms with Gasteiger partial charge in [0.1, 0.15) is 0 Å². The summed E-state index contributed by atoms with van der Waals surface area (Å²) in [4.78, 5) is 0. The molecule has 0 radical (unpaired) electrons. The fraction of sp³-hybridized carbons (Fsp3) is 0.600. The molecule has 6 nitrogen and oxygen atoms in total. The monoisotopic (exact) mass is 363 g/mol.